The van der Waals surface area contributed by atoms with Crippen LogP contribution in [0.25, 0.3) is 11.6 Å². The molecule has 1 aliphatic rings. The van der Waals surface area contributed by atoms with Crippen molar-refractivity contribution in [2.75, 3.05) is 19.8 Å². The number of ether oxygens (including phenoxy) is 1. The molecule has 0 unspecified atom stereocenters. The van der Waals surface area contributed by atoms with E-state index in [9.17, 15) is 9.18 Å². The highest BCUT2D eigenvalue weighted by Crippen LogP contribution is 2.30. The molecule has 0 saturated heterocycles. The van der Waals surface area contributed by atoms with E-state index in [0.717, 1.165) is 17.5 Å². The van der Waals surface area contributed by atoms with Gasteiger partial charge in [-0.25, -0.2) is 9.37 Å². The van der Waals surface area contributed by atoms with Crippen LogP contribution >= 0.6 is 0 Å². The fourth-order valence-electron chi connectivity index (χ4n) is 3.50. The molecule has 0 atom stereocenters. The average Bonchev–Trinajstić information content (AvgIpc) is 3.31. The number of carbonyl (C=O) groups excluding carboxylic acids is 1. The Morgan fingerprint density at radius 1 is 1.38 bits per heavy atom. The zero-order chi connectivity index (χ0) is 20.4. The molecule has 0 saturated carbocycles. The van der Waals surface area contributed by atoms with E-state index in [1.807, 2.05) is 18.5 Å². The van der Waals surface area contributed by atoms with Gasteiger partial charge < -0.3 is 14.1 Å². The summed E-state index contributed by atoms with van der Waals surface area (Å²) in [5.74, 6) is 0.102. The van der Waals surface area contributed by atoms with Crippen LogP contribution in [0.5, 0.6) is 0 Å². The van der Waals surface area contributed by atoms with Crippen molar-refractivity contribution in [2.45, 2.75) is 33.4 Å². The van der Waals surface area contributed by atoms with Crippen molar-refractivity contribution in [2.24, 2.45) is 0 Å². The van der Waals surface area contributed by atoms with Crippen LogP contribution in [0.1, 0.15) is 34.3 Å². The van der Waals surface area contributed by atoms with E-state index in [4.69, 9.17) is 9.15 Å². The Labute approximate surface area is 167 Å². The maximum atomic E-state index is 14.0. The van der Waals surface area contributed by atoms with Gasteiger partial charge in [0, 0.05) is 37.0 Å². The lowest BCUT2D eigenvalue weighted by atomic mass is 10.0. The minimum absolute atomic E-state index is 0.0145. The molecule has 0 radical (unpaired) electrons. The Balaban J connectivity index is 1.66. The average molecular weight is 399 g/mol. The molecule has 1 aliphatic heterocycles. The predicted octanol–water partition coefficient (Wildman–Crippen LogP) is 2.62. The van der Waals surface area contributed by atoms with Crippen molar-refractivity contribution in [3.8, 4) is 11.6 Å². The summed E-state index contributed by atoms with van der Waals surface area (Å²) >= 11 is 0. The number of halogens is 1. The highest BCUT2D eigenvalue weighted by atomic mass is 19.1. The van der Waals surface area contributed by atoms with Gasteiger partial charge in [0.2, 0.25) is 5.89 Å². The van der Waals surface area contributed by atoms with Gasteiger partial charge in [-0.1, -0.05) is 0 Å². The molecule has 0 spiro atoms. The Morgan fingerprint density at radius 2 is 2.24 bits per heavy atom. The van der Waals surface area contributed by atoms with Gasteiger partial charge in [-0.3, -0.25) is 14.5 Å². The van der Waals surface area contributed by atoms with Crippen molar-refractivity contribution < 1.29 is 18.3 Å². The number of carbonyl (C=O) groups is 1. The number of hydrogen-bond donors (Lipinski definition) is 0. The summed E-state index contributed by atoms with van der Waals surface area (Å²) in [6.07, 6.45) is 4.71. The molecule has 9 heteroatoms. The first-order valence-electron chi connectivity index (χ1n) is 9.56. The summed E-state index contributed by atoms with van der Waals surface area (Å²) in [4.78, 5) is 22.5. The van der Waals surface area contributed by atoms with Crippen LogP contribution < -0.4 is 0 Å². The summed E-state index contributed by atoms with van der Waals surface area (Å²) in [7, 11) is 0. The van der Waals surface area contributed by atoms with E-state index >= 15 is 0 Å². The van der Waals surface area contributed by atoms with Crippen LogP contribution in [0, 0.1) is 12.7 Å². The standard InChI is InChI=1S/C20H22FN5O3/c1-3-28-9-8-26-17-5-7-25(20(27)14-4-6-22-11-16(14)21)12-15(17)18(24-26)19-23-10-13(2)29-19/h4,6,10-11H,3,5,7-9,12H2,1-2H3. The molecule has 0 fully saturated rings. The van der Waals surface area contributed by atoms with Gasteiger partial charge in [0.15, 0.2) is 11.5 Å². The van der Waals surface area contributed by atoms with Crippen LogP contribution in [-0.2, 0) is 24.2 Å². The van der Waals surface area contributed by atoms with Crippen molar-refractivity contribution >= 4 is 5.91 Å². The highest BCUT2D eigenvalue weighted by Gasteiger charge is 2.30. The molecule has 1 amide bonds. The van der Waals surface area contributed by atoms with Gasteiger partial charge in [-0.2, -0.15) is 5.10 Å². The number of aryl methyl sites for hydroxylation is 1. The number of amides is 1. The molecule has 3 aromatic heterocycles. The molecule has 0 aliphatic carbocycles. The van der Waals surface area contributed by atoms with E-state index in [-0.39, 0.29) is 11.5 Å². The van der Waals surface area contributed by atoms with Crippen LogP contribution in [0.4, 0.5) is 4.39 Å². The second-order valence-electron chi connectivity index (χ2n) is 6.80. The molecule has 3 aromatic rings. The Bertz CT molecular complexity index is 1030. The van der Waals surface area contributed by atoms with Crippen LogP contribution in [0.3, 0.4) is 0 Å². The maximum Gasteiger partial charge on any atom is 0.257 e. The molecule has 8 nitrogen and oxygen atoms in total. The quantitative estimate of drug-likeness (QED) is 0.592. The number of aromatic nitrogens is 4. The van der Waals surface area contributed by atoms with Gasteiger partial charge in [0.25, 0.3) is 5.91 Å². The zero-order valence-electron chi connectivity index (χ0n) is 16.4. The van der Waals surface area contributed by atoms with Gasteiger partial charge in [-0.05, 0) is 19.9 Å². The summed E-state index contributed by atoms with van der Waals surface area (Å²) in [6.45, 7) is 6.31. The number of oxazole rings is 1. The third-order valence-corrected chi connectivity index (χ3v) is 4.90. The van der Waals surface area contributed by atoms with Crippen molar-refractivity contribution in [1.82, 2.24) is 24.6 Å². The van der Waals surface area contributed by atoms with Crippen LogP contribution in [-0.4, -0.2) is 50.3 Å². The number of rotatable bonds is 6. The molecule has 152 valence electrons. The van der Waals surface area contributed by atoms with Gasteiger partial charge in [0.1, 0.15) is 5.76 Å². The SMILES string of the molecule is CCOCCn1nc(-c2ncc(C)o2)c2c1CCN(C(=O)c1ccncc1F)C2. The minimum Gasteiger partial charge on any atom is -0.440 e. The molecular weight excluding hydrogens is 377 g/mol. The molecule has 0 N–H and O–H groups in total. The Hall–Kier alpha value is -3.07. The zero-order valence-corrected chi connectivity index (χ0v) is 16.4. The number of nitrogens with zero attached hydrogens (tertiary/aromatic N) is 5. The first kappa shape index (κ1) is 19.3. The monoisotopic (exact) mass is 399 g/mol. The third-order valence-electron chi connectivity index (χ3n) is 4.90. The molecule has 4 rings (SSSR count). The molecule has 0 aromatic carbocycles. The second kappa shape index (κ2) is 8.12. The number of hydrogen-bond acceptors (Lipinski definition) is 6. The fraction of sp³-hybridized carbons (Fsp3) is 0.400. The van der Waals surface area contributed by atoms with Gasteiger partial charge >= 0.3 is 0 Å². The largest absolute Gasteiger partial charge is 0.440 e. The van der Waals surface area contributed by atoms with E-state index in [0.29, 0.717) is 56.6 Å². The van der Waals surface area contributed by atoms with Gasteiger partial charge in [-0.15, -0.1) is 0 Å². The second-order valence-corrected chi connectivity index (χ2v) is 6.80. The molecule has 4 heterocycles. The third kappa shape index (κ3) is 3.77. The van der Waals surface area contributed by atoms with Crippen molar-refractivity contribution in [3.63, 3.8) is 0 Å². The summed E-state index contributed by atoms with van der Waals surface area (Å²) in [6, 6.07) is 1.40. The molecule has 29 heavy (non-hydrogen) atoms. The Kier molecular flexibility index (Phi) is 5.39. The molecular formula is C20H22FN5O3. The van der Waals surface area contributed by atoms with E-state index in [1.165, 1.54) is 12.3 Å². The maximum absolute atomic E-state index is 14.0. The van der Waals surface area contributed by atoms with Crippen molar-refractivity contribution in [3.05, 3.63) is 53.1 Å². The van der Waals surface area contributed by atoms with E-state index < -0.39 is 5.82 Å². The van der Waals surface area contributed by atoms with Gasteiger partial charge in [0.05, 0.1) is 37.7 Å². The minimum atomic E-state index is -0.626. The molecule has 0 bridgehead atoms. The van der Waals surface area contributed by atoms with Crippen molar-refractivity contribution in [1.29, 1.82) is 0 Å². The highest BCUT2D eigenvalue weighted by molar-refractivity contribution is 5.94. The normalized spacial score (nSPS) is 13.6. The van der Waals surface area contributed by atoms with Crippen LogP contribution in [0.15, 0.2) is 29.1 Å². The smallest absolute Gasteiger partial charge is 0.257 e. The topological polar surface area (TPSA) is 86.3 Å². The summed E-state index contributed by atoms with van der Waals surface area (Å²) < 4.78 is 27.1. The lowest BCUT2D eigenvalue weighted by molar-refractivity contribution is 0.0727. The van der Waals surface area contributed by atoms with Crippen LogP contribution in [0.2, 0.25) is 0 Å². The first-order chi connectivity index (χ1) is 14.1. The lowest BCUT2D eigenvalue weighted by Gasteiger charge is -2.28. The predicted molar refractivity (Wildman–Crippen MR) is 102 cm³/mol. The Morgan fingerprint density at radius 3 is 2.97 bits per heavy atom. The number of pyridine rings is 1. The number of fused-ring (bicyclic) bond motifs is 1. The van der Waals surface area contributed by atoms with E-state index in [1.54, 1.807) is 11.1 Å². The lowest BCUT2D eigenvalue weighted by Crippen LogP contribution is -2.37. The summed E-state index contributed by atoms with van der Waals surface area (Å²) in [5, 5.41) is 4.69. The summed E-state index contributed by atoms with van der Waals surface area (Å²) in [5.41, 5.74) is 2.52. The fourth-order valence-corrected chi connectivity index (χ4v) is 3.50. The first-order valence-corrected chi connectivity index (χ1v) is 9.56. The van der Waals surface area contributed by atoms with E-state index in [2.05, 4.69) is 15.1 Å².